The standard InChI is InChI=1S/C15H23N3O3S2/c1-4-23(19,20)15-16-9-14(18(15)6-7-21-3)11-17(2)10-13-5-8-22-12-13/h5,8-9,12H,4,6-7,10-11H2,1-3H3. The predicted molar refractivity (Wildman–Crippen MR) is 91.3 cm³/mol. The monoisotopic (exact) mass is 357 g/mol. The van der Waals surface area contributed by atoms with Gasteiger partial charge in [-0.15, -0.1) is 0 Å². The Bertz CT molecular complexity index is 708. The number of aromatic nitrogens is 2. The topological polar surface area (TPSA) is 64.4 Å². The van der Waals surface area contributed by atoms with E-state index in [1.54, 1.807) is 36.1 Å². The van der Waals surface area contributed by atoms with Gasteiger partial charge in [-0.25, -0.2) is 13.4 Å². The van der Waals surface area contributed by atoms with Crippen LogP contribution in [0.2, 0.25) is 0 Å². The number of hydrogen-bond acceptors (Lipinski definition) is 6. The van der Waals surface area contributed by atoms with Crippen LogP contribution in [0.15, 0.2) is 28.2 Å². The first-order valence-corrected chi connectivity index (χ1v) is 10.0. The minimum absolute atomic E-state index is 0.0428. The smallest absolute Gasteiger partial charge is 0.227 e. The molecule has 0 saturated carbocycles. The Labute approximate surface area is 141 Å². The van der Waals surface area contributed by atoms with E-state index in [4.69, 9.17) is 4.74 Å². The number of sulfone groups is 1. The van der Waals surface area contributed by atoms with Gasteiger partial charge in [-0.2, -0.15) is 11.3 Å². The molecule has 2 aromatic rings. The molecule has 0 radical (unpaired) electrons. The molecule has 0 aliphatic carbocycles. The second-order valence-electron chi connectivity index (χ2n) is 5.38. The first kappa shape index (κ1) is 18.1. The van der Waals surface area contributed by atoms with Crippen molar-refractivity contribution in [3.63, 3.8) is 0 Å². The third-order valence-electron chi connectivity index (χ3n) is 3.54. The Morgan fingerprint density at radius 1 is 1.39 bits per heavy atom. The van der Waals surface area contributed by atoms with Gasteiger partial charge < -0.3 is 9.30 Å². The van der Waals surface area contributed by atoms with Crippen molar-refractivity contribution in [2.24, 2.45) is 0 Å². The van der Waals surface area contributed by atoms with Gasteiger partial charge in [0, 0.05) is 26.7 Å². The molecule has 23 heavy (non-hydrogen) atoms. The number of rotatable bonds is 9. The van der Waals surface area contributed by atoms with Crippen LogP contribution in [-0.4, -0.2) is 49.4 Å². The highest BCUT2D eigenvalue weighted by atomic mass is 32.2. The van der Waals surface area contributed by atoms with E-state index >= 15 is 0 Å². The predicted octanol–water partition coefficient (Wildman–Crippen LogP) is 2.02. The van der Waals surface area contributed by atoms with Crippen LogP contribution in [0.3, 0.4) is 0 Å². The highest BCUT2D eigenvalue weighted by Crippen LogP contribution is 2.16. The van der Waals surface area contributed by atoms with Crippen LogP contribution in [0, 0.1) is 0 Å². The zero-order chi connectivity index (χ0) is 16.9. The Kier molecular flexibility index (Phi) is 6.34. The molecule has 0 aliphatic rings. The zero-order valence-corrected chi connectivity index (χ0v) is 15.4. The summed E-state index contributed by atoms with van der Waals surface area (Å²) in [5.74, 6) is 0.0428. The van der Waals surface area contributed by atoms with Gasteiger partial charge >= 0.3 is 0 Å². The normalized spacial score (nSPS) is 12.2. The van der Waals surface area contributed by atoms with Crippen LogP contribution in [0.1, 0.15) is 18.2 Å². The molecule has 0 fully saturated rings. The lowest BCUT2D eigenvalue weighted by atomic mass is 10.3. The Morgan fingerprint density at radius 3 is 2.78 bits per heavy atom. The van der Waals surface area contributed by atoms with E-state index in [1.165, 1.54) is 5.56 Å². The van der Waals surface area contributed by atoms with Gasteiger partial charge in [0.05, 0.1) is 24.3 Å². The Morgan fingerprint density at radius 2 is 2.17 bits per heavy atom. The number of imidazole rings is 1. The molecule has 0 saturated heterocycles. The lowest BCUT2D eigenvalue weighted by Gasteiger charge is -2.18. The SMILES string of the molecule is CCS(=O)(=O)c1ncc(CN(C)Cc2ccsc2)n1CCOC. The van der Waals surface area contributed by atoms with E-state index in [-0.39, 0.29) is 10.9 Å². The molecule has 0 aliphatic heterocycles. The van der Waals surface area contributed by atoms with Crippen LogP contribution < -0.4 is 0 Å². The van der Waals surface area contributed by atoms with Crippen molar-refractivity contribution in [3.05, 3.63) is 34.3 Å². The molecule has 0 aromatic carbocycles. The molecule has 0 atom stereocenters. The summed E-state index contributed by atoms with van der Waals surface area (Å²) in [6.07, 6.45) is 1.66. The van der Waals surface area contributed by atoms with E-state index in [0.29, 0.717) is 19.7 Å². The molecule has 0 N–H and O–H groups in total. The summed E-state index contributed by atoms with van der Waals surface area (Å²) in [5.41, 5.74) is 2.13. The van der Waals surface area contributed by atoms with Gasteiger partial charge in [0.2, 0.25) is 15.0 Å². The Hall–Kier alpha value is -1.22. The number of hydrogen-bond donors (Lipinski definition) is 0. The fourth-order valence-electron chi connectivity index (χ4n) is 2.34. The molecule has 2 rings (SSSR count). The lowest BCUT2D eigenvalue weighted by Crippen LogP contribution is -2.22. The lowest BCUT2D eigenvalue weighted by molar-refractivity contribution is 0.182. The molecule has 0 bridgehead atoms. The van der Waals surface area contributed by atoms with Crippen molar-refractivity contribution in [3.8, 4) is 0 Å². The Balaban J connectivity index is 2.20. The van der Waals surface area contributed by atoms with Crippen LogP contribution >= 0.6 is 11.3 Å². The molecule has 0 unspecified atom stereocenters. The average molecular weight is 358 g/mol. The zero-order valence-electron chi connectivity index (χ0n) is 13.7. The summed E-state index contributed by atoms with van der Waals surface area (Å²) in [6, 6.07) is 2.09. The fraction of sp³-hybridized carbons (Fsp3) is 0.533. The van der Waals surface area contributed by atoms with Crippen LogP contribution in [0.4, 0.5) is 0 Å². The fourth-order valence-corrected chi connectivity index (χ4v) is 4.02. The summed E-state index contributed by atoms with van der Waals surface area (Å²) < 4.78 is 31.3. The van der Waals surface area contributed by atoms with Crippen molar-refractivity contribution < 1.29 is 13.2 Å². The maximum Gasteiger partial charge on any atom is 0.227 e. The number of thiophene rings is 1. The number of methoxy groups -OCH3 is 1. The minimum atomic E-state index is -3.34. The van der Waals surface area contributed by atoms with Crippen molar-refractivity contribution in [1.82, 2.24) is 14.5 Å². The highest BCUT2D eigenvalue weighted by molar-refractivity contribution is 7.91. The molecule has 0 amide bonds. The van der Waals surface area contributed by atoms with Crippen molar-refractivity contribution in [1.29, 1.82) is 0 Å². The number of nitrogens with zero attached hydrogens (tertiary/aromatic N) is 3. The average Bonchev–Trinajstić information content (AvgIpc) is 3.15. The molecule has 2 heterocycles. The van der Waals surface area contributed by atoms with Crippen molar-refractivity contribution in [2.45, 2.75) is 31.7 Å². The quantitative estimate of drug-likeness (QED) is 0.687. The first-order valence-electron chi connectivity index (χ1n) is 7.43. The van der Waals surface area contributed by atoms with Crippen molar-refractivity contribution >= 4 is 21.2 Å². The van der Waals surface area contributed by atoms with Crippen LogP contribution in [0.5, 0.6) is 0 Å². The minimum Gasteiger partial charge on any atom is -0.383 e. The van der Waals surface area contributed by atoms with E-state index in [0.717, 1.165) is 12.2 Å². The summed E-state index contributed by atoms with van der Waals surface area (Å²) in [7, 11) is 0.273. The largest absolute Gasteiger partial charge is 0.383 e. The summed E-state index contributed by atoms with van der Waals surface area (Å²) in [4.78, 5) is 6.30. The van der Waals surface area contributed by atoms with Gasteiger partial charge in [0.15, 0.2) is 0 Å². The van der Waals surface area contributed by atoms with Gasteiger partial charge in [-0.05, 0) is 29.4 Å². The first-order chi connectivity index (χ1) is 11.0. The van der Waals surface area contributed by atoms with E-state index in [1.807, 2.05) is 7.05 Å². The second-order valence-corrected chi connectivity index (χ2v) is 8.34. The molecule has 8 heteroatoms. The molecule has 0 spiro atoms. The van der Waals surface area contributed by atoms with Gasteiger partial charge in [-0.1, -0.05) is 6.92 Å². The third-order valence-corrected chi connectivity index (χ3v) is 5.92. The maximum absolute atomic E-state index is 12.2. The molecule has 128 valence electrons. The molecule has 2 aromatic heterocycles. The van der Waals surface area contributed by atoms with Gasteiger partial charge in [0.25, 0.3) is 0 Å². The second kappa shape index (κ2) is 8.05. The maximum atomic E-state index is 12.2. The molecule has 6 nitrogen and oxygen atoms in total. The molecular weight excluding hydrogens is 334 g/mol. The van der Waals surface area contributed by atoms with Crippen LogP contribution in [0.25, 0.3) is 0 Å². The van der Waals surface area contributed by atoms with Crippen molar-refractivity contribution in [2.75, 3.05) is 26.5 Å². The van der Waals surface area contributed by atoms with Crippen LogP contribution in [-0.2, 0) is 34.2 Å². The summed E-state index contributed by atoms with van der Waals surface area (Å²) in [6.45, 7) is 4.00. The summed E-state index contributed by atoms with van der Waals surface area (Å²) in [5, 5.41) is 4.31. The van der Waals surface area contributed by atoms with E-state index < -0.39 is 9.84 Å². The molecular formula is C15H23N3O3S2. The summed E-state index contributed by atoms with van der Waals surface area (Å²) >= 11 is 1.67. The number of ether oxygens (including phenoxy) is 1. The third kappa shape index (κ3) is 4.63. The van der Waals surface area contributed by atoms with E-state index in [2.05, 4.69) is 26.7 Å². The van der Waals surface area contributed by atoms with Gasteiger partial charge in [0.1, 0.15) is 0 Å². The van der Waals surface area contributed by atoms with Gasteiger partial charge in [-0.3, -0.25) is 4.90 Å². The highest BCUT2D eigenvalue weighted by Gasteiger charge is 2.22. The van der Waals surface area contributed by atoms with E-state index in [9.17, 15) is 8.42 Å².